The maximum Gasteiger partial charge on any atom is 0.196 e. The Hall–Kier alpha value is -1.48. The van der Waals surface area contributed by atoms with Gasteiger partial charge in [-0.2, -0.15) is 0 Å². The normalized spacial score (nSPS) is 37.4. The van der Waals surface area contributed by atoms with Crippen molar-refractivity contribution >= 4 is 11.6 Å². The van der Waals surface area contributed by atoms with Gasteiger partial charge in [0.05, 0.1) is 5.92 Å². The van der Waals surface area contributed by atoms with E-state index in [-0.39, 0.29) is 28.3 Å². The van der Waals surface area contributed by atoms with Crippen molar-refractivity contribution in [3.8, 4) is 0 Å². The number of hydrogen-bond donors (Lipinski definition) is 0. The zero-order chi connectivity index (χ0) is 13.8. The quantitative estimate of drug-likeness (QED) is 0.786. The molecule has 1 aromatic rings. The Morgan fingerprint density at radius 3 is 2.25 bits per heavy atom. The number of hydrogen-bond acceptors (Lipinski definition) is 3. The van der Waals surface area contributed by atoms with Crippen LogP contribution in [0.25, 0.3) is 0 Å². The van der Waals surface area contributed by atoms with E-state index in [1.54, 1.807) is 19.2 Å². The average Bonchev–Trinajstić information content (AvgIpc) is 3.34. The highest BCUT2D eigenvalue weighted by Gasteiger charge is 2.92. The number of benzene rings is 1. The van der Waals surface area contributed by atoms with Gasteiger partial charge in [0.2, 0.25) is 0 Å². The predicted octanol–water partition coefficient (Wildman–Crippen LogP) is 2.64. The Kier molecular flexibility index (Phi) is 1.63. The lowest BCUT2D eigenvalue weighted by Gasteiger charge is -2.62. The van der Waals surface area contributed by atoms with Crippen molar-refractivity contribution in [2.45, 2.75) is 31.3 Å². The molecule has 3 nitrogen and oxygen atoms in total. The van der Waals surface area contributed by atoms with Gasteiger partial charge < -0.3 is 4.74 Å². The van der Waals surface area contributed by atoms with Gasteiger partial charge in [-0.1, -0.05) is 24.3 Å². The molecule has 2 spiro atoms. The summed E-state index contributed by atoms with van der Waals surface area (Å²) in [6.45, 7) is 0. The van der Waals surface area contributed by atoms with Crippen LogP contribution in [0.15, 0.2) is 24.3 Å². The van der Waals surface area contributed by atoms with Gasteiger partial charge in [0.25, 0.3) is 0 Å². The molecule has 0 heterocycles. The summed E-state index contributed by atoms with van der Waals surface area (Å²) in [5, 5.41) is 0. The number of Topliss-reactive ketones (excluding diaryl/α,β-unsaturated/α-hetero) is 2. The summed E-state index contributed by atoms with van der Waals surface area (Å²) in [5.74, 6) is -0.0443. The van der Waals surface area contributed by atoms with Gasteiger partial charge in [0, 0.05) is 23.7 Å². The third-order valence-corrected chi connectivity index (χ3v) is 6.52. The van der Waals surface area contributed by atoms with E-state index in [4.69, 9.17) is 4.74 Å². The highest BCUT2D eigenvalue weighted by Crippen LogP contribution is 2.89. The fraction of sp³-hybridized carbons (Fsp3) is 0.529. The Labute approximate surface area is 117 Å². The molecule has 102 valence electrons. The van der Waals surface area contributed by atoms with Crippen LogP contribution in [0.5, 0.6) is 0 Å². The second kappa shape index (κ2) is 2.91. The average molecular weight is 268 g/mol. The van der Waals surface area contributed by atoms with Crippen molar-refractivity contribution < 1.29 is 14.3 Å². The van der Waals surface area contributed by atoms with E-state index in [1.165, 1.54) is 0 Å². The number of rotatable bonds is 1. The molecule has 4 aliphatic carbocycles. The third-order valence-electron chi connectivity index (χ3n) is 6.52. The molecule has 2 unspecified atom stereocenters. The predicted molar refractivity (Wildman–Crippen MR) is 71.7 cm³/mol. The van der Waals surface area contributed by atoms with E-state index < -0.39 is 5.60 Å². The zero-order valence-electron chi connectivity index (χ0n) is 11.4. The number of carbonyl (C=O) groups is 2. The third kappa shape index (κ3) is 0.800. The van der Waals surface area contributed by atoms with Gasteiger partial charge in [-0.15, -0.1) is 0 Å². The van der Waals surface area contributed by atoms with Gasteiger partial charge >= 0.3 is 0 Å². The minimum absolute atomic E-state index is 0.0281. The lowest BCUT2D eigenvalue weighted by Crippen LogP contribution is -2.74. The first-order chi connectivity index (χ1) is 9.65. The summed E-state index contributed by atoms with van der Waals surface area (Å²) in [4.78, 5) is 26.0. The molecule has 4 aliphatic rings. The van der Waals surface area contributed by atoms with Crippen LogP contribution in [-0.4, -0.2) is 24.3 Å². The fourth-order valence-corrected chi connectivity index (χ4v) is 5.57. The summed E-state index contributed by atoms with van der Waals surface area (Å²) >= 11 is 0. The number of fused-ring (bicyclic) bond motifs is 5. The van der Waals surface area contributed by atoms with Gasteiger partial charge in [0.15, 0.2) is 11.6 Å². The lowest BCUT2D eigenvalue weighted by atomic mass is 9.42. The first kappa shape index (κ1) is 11.2. The molecule has 0 bridgehead atoms. The van der Waals surface area contributed by atoms with Crippen molar-refractivity contribution in [3.63, 3.8) is 0 Å². The molecule has 20 heavy (non-hydrogen) atoms. The number of methoxy groups -OCH3 is 1. The second-order valence-corrected chi connectivity index (χ2v) is 6.85. The minimum atomic E-state index is -0.852. The van der Waals surface area contributed by atoms with Crippen LogP contribution >= 0.6 is 0 Å². The molecule has 5 rings (SSSR count). The van der Waals surface area contributed by atoms with E-state index in [2.05, 4.69) is 0 Å². The summed E-state index contributed by atoms with van der Waals surface area (Å²) in [5.41, 5.74) is 0.382. The summed E-state index contributed by atoms with van der Waals surface area (Å²) < 4.78 is 5.80. The maximum atomic E-state index is 13.1. The first-order valence-corrected chi connectivity index (χ1v) is 7.38. The van der Waals surface area contributed by atoms with Crippen LogP contribution in [0.3, 0.4) is 0 Å². The van der Waals surface area contributed by atoms with Gasteiger partial charge in [0.1, 0.15) is 5.60 Å². The van der Waals surface area contributed by atoms with Gasteiger partial charge in [-0.25, -0.2) is 0 Å². The van der Waals surface area contributed by atoms with E-state index in [0.29, 0.717) is 11.1 Å². The standard InChI is InChI=1S/C17H16O3/c1-20-17-13(15(6-7-15)16(17)8-9-16)12(18)10-4-2-3-5-11(10)14(17)19/h2-5,13H,6-9H2,1H3. The van der Waals surface area contributed by atoms with Crippen molar-refractivity contribution in [1.29, 1.82) is 0 Å². The zero-order valence-corrected chi connectivity index (χ0v) is 11.4. The van der Waals surface area contributed by atoms with E-state index in [1.807, 2.05) is 12.1 Å². The Morgan fingerprint density at radius 1 is 1.05 bits per heavy atom. The molecule has 0 aliphatic heterocycles. The monoisotopic (exact) mass is 268 g/mol. The smallest absolute Gasteiger partial charge is 0.196 e. The molecule has 0 radical (unpaired) electrons. The van der Waals surface area contributed by atoms with Crippen LogP contribution in [0.1, 0.15) is 46.4 Å². The molecule has 3 fully saturated rings. The summed E-state index contributed by atoms with van der Waals surface area (Å²) in [6, 6.07) is 7.25. The first-order valence-electron chi connectivity index (χ1n) is 7.38. The molecule has 3 heteroatoms. The van der Waals surface area contributed by atoms with Crippen molar-refractivity contribution in [1.82, 2.24) is 0 Å². The van der Waals surface area contributed by atoms with Crippen molar-refractivity contribution in [3.05, 3.63) is 35.4 Å². The maximum absolute atomic E-state index is 13.1. The van der Waals surface area contributed by atoms with E-state index >= 15 is 0 Å². The molecular formula is C17H16O3. The van der Waals surface area contributed by atoms with Gasteiger partial charge in [-0.05, 0) is 31.1 Å². The number of carbonyl (C=O) groups excluding carboxylic acids is 2. The Morgan fingerprint density at radius 2 is 1.70 bits per heavy atom. The van der Waals surface area contributed by atoms with E-state index in [9.17, 15) is 9.59 Å². The van der Waals surface area contributed by atoms with Crippen LogP contribution < -0.4 is 0 Å². The summed E-state index contributed by atoms with van der Waals surface area (Å²) in [6.07, 6.45) is 4.25. The SMILES string of the molecule is COC12C(=O)c3ccccc3C(=O)C1C1(CC1)C21CC1. The molecule has 1 aromatic carbocycles. The molecule has 3 saturated carbocycles. The molecule has 0 saturated heterocycles. The molecular weight excluding hydrogens is 252 g/mol. The number of ether oxygens (including phenoxy) is 1. The highest BCUT2D eigenvalue weighted by atomic mass is 16.5. The number of ketones is 2. The largest absolute Gasteiger partial charge is 0.369 e. The van der Waals surface area contributed by atoms with Crippen molar-refractivity contribution in [2.24, 2.45) is 16.7 Å². The Balaban J connectivity index is 1.80. The topological polar surface area (TPSA) is 43.4 Å². The summed E-state index contributed by atoms with van der Waals surface area (Å²) in [7, 11) is 1.61. The minimum Gasteiger partial charge on any atom is -0.369 e. The molecule has 0 amide bonds. The molecule has 2 atom stereocenters. The molecule has 0 N–H and O–H groups in total. The Bertz CT molecular complexity index is 681. The highest BCUT2D eigenvalue weighted by molar-refractivity contribution is 6.21. The molecule has 0 aromatic heterocycles. The van der Waals surface area contributed by atoms with Crippen LogP contribution in [-0.2, 0) is 4.74 Å². The van der Waals surface area contributed by atoms with Crippen LogP contribution in [0.4, 0.5) is 0 Å². The van der Waals surface area contributed by atoms with Gasteiger partial charge in [-0.3, -0.25) is 9.59 Å². The lowest BCUT2D eigenvalue weighted by molar-refractivity contribution is -0.195. The second-order valence-electron chi connectivity index (χ2n) is 6.85. The van der Waals surface area contributed by atoms with E-state index in [0.717, 1.165) is 25.7 Å². The van der Waals surface area contributed by atoms with Crippen molar-refractivity contribution in [2.75, 3.05) is 7.11 Å². The fourth-order valence-electron chi connectivity index (χ4n) is 5.57. The van der Waals surface area contributed by atoms with Crippen LogP contribution in [0, 0.1) is 16.7 Å². The van der Waals surface area contributed by atoms with Crippen LogP contribution in [0.2, 0.25) is 0 Å².